The smallest absolute Gasteiger partial charge is 0.251 e. The van der Waals surface area contributed by atoms with Gasteiger partial charge in [0, 0.05) is 17.1 Å². The third kappa shape index (κ3) is 5.82. The molecule has 0 spiro atoms. The number of ether oxygens (including phenoxy) is 1. The van der Waals surface area contributed by atoms with E-state index >= 15 is 0 Å². The first kappa shape index (κ1) is 17.6. The molecule has 0 amide bonds. The normalized spacial score (nSPS) is 17.4. The first-order chi connectivity index (χ1) is 10.5. The fourth-order valence-electron chi connectivity index (χ4n) is 2.77. The first-order valence-electron chi connectivity index (χ1n) is 7.63. The Labute approximate surface area is 139 Å². The SMILES string of the molecule is CN(CC(F)F)C1CCN(CCOc2ccc(Br)cc2)CC1. The third-order valence-corrected chi connectivity index (χ3v) is 4.62. The largest absolute Gasteiger partial charge is 0.492 e. The van der Waals surface area contributed by atoms with Crippen LogP contribution in [0, 0.1) is 0 Å². The average molecular weight is 377 g/mol. The van der Waals surface area contributed by atoms with Gasteiger partial charge in [-0.15, -0.1) is 0 Å². The van der Waals surface area contributed by atoms with Crippen LogP contribution < -0.4 is 4.74 Å². The predicted octanol–water partition coefficient (Wildman–Crippen LogP) is 3.49. The molecule has 22 heavy (non-hydrogen) atoms. The Hall–Kier alpha value is -0.720. The molecule has 124 valence electrons. The minimum absolute atomic E-state index is 0.128. The molecule has 0 atom stereocenters. The van der Waals surface area contributed by atoms with E-state index in [4.69, 9.17) is 4.74 Å². The van der Waals surface area contributed by atoms with Gasteiger partial charge in [-0.2, -0.15) is 0 Å². The van der Waals surface area contributed by atoms with Gasteiger partial charge in [0.15, 0.2) is 0 Å². The highest BCUT2D eigenvalue weighted by Gasteiger charge is 2.23. The lowest BCUT2D eigenvalue weighted by atomic mass is 10.0. The van der Waals surface area contributed by atoms with Crippen molar-refractivity contribution in [2.45, 2.75) is 25.3 Å². The fourth-order valence-corrected chi connectivity index (χ4v) is 3.04. The maximum absolute atomic E-state index is 12.4. The third-order valence-electron chi connectivity index (χ3n) is 4.10. The second kappa shape index (κ2) is 8.79. The summed E-state index contributed by atoms with van der Waals surface area (Å²) in [6, 6.07) is 8.07. The Morgan fingerprint density at radius 3 is 2.50 bits per heavy atom. The Bertz CT molecular complexity index is 436. The molecular formula is C16H23BrF2N2O. The highest BCUT2D eigenvalue weighted by Crippen LogP contribution is 2.18. The molecule has 1 aromatic carbocycles. The molecule has 0 saturated carbocycles. The summed E-state index contributed by atoms with van der Waals surface area (Å²) in [5.41, 5.74) is 0. The second-order valence-corrected chi connectivity index (χ2v) is 6.62. The van der Waals surface area contributed by atoms with Crippen molar-refractivity contribution >= 4 is 15.9 Å². The van der Waals surface area contributed by atoms with Gasteiger partial charge in [0.05, 0.1) is 6.54 Å². The quantitative estimate of drug-likeness (QED) is 0.724. The van der Waals surface area contributed by atoms with Gasteiger partial charge in [0.25, 0.3) is 6.43 Å². The van der Waals surface area contributed by atoms with E-state index in [1.807, 2.05) is 24.3 Å². The van der Waals surface area contributed by atoms with E-state index in [1.54, 1.807) is 11.9 Å². The van der Waals surface area contributed by atoms with Crippen molar-refractivity contribution in [3.05, 3.63) is 28.7 Å². The molecule has 2 rings (SSSR count). The molecule has 6 heteroatoms. The van der Waals surface area contributed by atoms with Crippen LogP contribution in [0.15, 0.2) is 28.7 Å². The number of likely N-dealkylation sites (tertiary alicyclic amines) is 1. The second-order valence-electron chi connectivity index (χ2n) is 5.71. The summed E-state index contributed by atoms with van der Waals surface area (Å²) >= 11 is 3.39. The molecule has 3 nitrogen and oxygen atoms in total. The molecule has 1 aliphatic heterocycles. The zero-order valence-corrected chi connectivity index (χ0v) is 14.4. The van der Waals surface area contributed by atoms with Crippen molar-refractivity contribution in [1.82, 2.24) is 9.80 Å². The molecule has 0 unspecified atom stereocenters. The minimum atomic E-state index is -2.25. The van der Waals surface area contributed by atoms with Crippen LogP contribution in [-0.2, 0) is 0 Å². The van der Waals surface area contributed by atoms with E-state index in [0.29, 0.717) is 6.61 Å². The molecule has 0 aromatic heterocycles. The van der Waals surface area contributed by atoms with Gasteiger partial charge in [-0.05, 0) is 57.2 Å². The lowest BCUT2D eigenvalue weighted by Crippen LogP contribution is -2.45. The molecule has 1 aliphatic rings. The topological polar surface area (TPSA) is 15.7 Å². The van der Waals surface area contributed by atoms with Gasteiger partial charge in [-0.1, -0.05) is 15.9 Å². The summed E-state index contributed by atoms with van der Waals surface area (Å²) in [6.45, 7) is 3.29. The van der Waals surface area contributed by atoms with Gasteiger partial charge in [-0.3, -0.25) is 9.80 Å². The highest BCUT2D eigenvalue weighted by atomic mass is 79.9. The van der Waals surface area contributed by atoms with E-state index in [1.165, 1.54) is 0 Å². The minimum Gasteiger partial charge on any atom is -0.492 e. The van der Waals surface area contributed by atoms with Crippen molar-refractivity contribution in [1.29, 1.82) is 0 Å². The van der Waals surface area contributed by atoms with Crippen LogP contribution in [0.25, 0.3) is 0 Å². The predicted molar refractivity (Wildman–Crippen MR) is 87.7 cm³/mol. The van der Waals surface area contributed by atoms with Gasteiger partial charge in [0.1, 0.15) is 12.4 Å². The summed E-state index contributed by atoms with van der Waals surface area (Å²) in [4.78, 5) is 4.13. The Morgan fingerprint density at radius 2 is 1.91 bits per heavy atom. The maximum atomic E-state index is 12.4. The summed E-state index contributed by atoms with van der Waals surface area (Å²) in [5, 5.41) is 0. The summed E-state index contributed by atoms with van der Waals surface area (Å²) in [7, 11) is 1.79. The van der Waals surface area contributed by atoms with Crippen LogP contribution in [0.1, 0.15) is 12.8 Å². The molecule has 1 heterocycles. The van der Waals surface area contributed by atoms with Crippen LogP contribution in [0.2, 0.25) is 0 Å². The molecular weight excluding hydrogens is 354 g/mol. The van der Waals surface area contributed by atoms with E-state index in [-0.39, 0.29) is 12.6 Å². The van der Waals surface area contributed by atoms with Crippen molar-refractivity contribution < 1.29 is 13.5 Å². The average Bonchev–Trinajstić information content (AvgIpc) is 2.49. The molecule has 0 N–H and O–H groups in total. The summed E-state index contributed by atoms with van der Waals surface area (Å²) in [5.74, 6) is 0.870. The first-order valence-corrected chi connectivity index (χ1v) is 8.43. The molecule has 1 fully saturated rings. The van der Waals surface area contributed by atoms with Crippen molar-refractivity contribution in [2.75, 3.05) is 39.8 Å². The summed E-state index contributed by atoms with van der Waals surface area (Å²) in [6.07, 6.45) is -0.356. The van der Waals surface area contributed by atoms with E-state index in [9.17, 15) is 8.78 Å². The zero-order chi connectivity index (χ0) is 15.9. The lowest BCUT2D eigenvalue weighted by Gasteiger charge is -2.36. The molecule has 1 aromatic rings. The van der Waals surface area contributed by atoms with Gasteiger partial charge in [0.2, 0.25) is 0 Å². The zero-order valence-electron chi connectivity index (χ0n) is 12.9. The molecule has 0 radical (unpaired) electrons. The summed E-state index contributed by atoms with van der Waals surface area (Å²) < 4.78 is 31.6. The van der Waals surface area contributed by atoms with Crippen molar-refractivity contribution in [3.63, 3.8) is 0 Å². The van der Waals surface area contributed by atoms with Crippen LogP contribution in [0.5, 0.6) is 5.75 Å². The number of halogens is 3. The molecule has 0 aliphatic carbocycles. The van der Waals surface area contributed by atoms with Crippen LogP contribution >= 0.6 is 15.9 Å². The number of hydrogen-bond donors (Lipinski definition) is 0. The fraction of sp³-hybridized carbons (Fsp3) is 0.625. The van der Waals surface area contributed by atoms with Crippen molar-refractivity contribution in [3.8, 4) is 5.75 Å². The lowest BCUT2D eigenvalue weighted by molar-refractivity contribution is 0.0552. The highest BCUT2D eigenvalue weighted by molar-refractivity contribution is 9.10. The number of benzene rings is 1. The van der Waals surface area contributed by atoms with E-state index in [0.717, 1.165) is 42.7 Å². The van der Waals surface area contributed by atoms with E-state index < -0.39 is 6.43 Å². The Kier molecular flexibility index (Phi) is 7.05. The van der Waals surface area contributed by atoms with Gasteiger partial charge >= 0.3 is 0 Å². The van der Waals surface area contributed by atoms with Crippen LogP contribution in [0.4, 0.5) is 8.78 Å². The monoisotopic (exact) mass is 376 g/mol. The number of hydrogen-bond acceptors (Lipinski definition) is 3. The maximum Gasteiger partial charge on any atom is 0.251 e. The Morgan fingerprint density at radius 1 is 1.27 bits per heavy atom. The molecule has 0 bridgehead atoms. The van der Waals surface area contributed by atoms with Gasteiger partial charge in [-0.25, -0.2) is 8.78 Å². The Balaban J connectivity index is 1.64. The number of piperidine rings is 1. The number of rotatable bonds is 7. The standard InChI is InChI=1S/C16H23BrF2N2O/c1-20(12-16(18)19)14-6-8-21(9-7-14)10-11-22-15-4-2-13(17)3-5-15/h2-5,14,16H,6-12H2,1H3. The van der Waals surface area contributed by atoms with Crippen LogP contribution in [-0.4, -0.2) is 62.1 Å². The van der Waals surface area contributed by atoms with Gasteiger partial charge < -0.3 is 4.74 Å². The molecule has 1 saturated heterocycles. The number of alkyl halides is 2. The van der Waals surface area contributed by atoms with Crippen LogP contribution in [0.3, 0.4) is 0 Å². The van der Waals surface area contributed by atoms with E-state index in [2.05, 4.69) is 20.8 Å². The number of nitrogens with zero attached hydrogens (tertiary/aromatic N) is 2. The van der Waals surface area contributed by atoms with Crippen molar-refractivity contribution in [2.24, 2.45) is 0 Å².